The average Bonchev–Trinajstić information content (AvgIpc) is 3.12. The Morgan fingerprint density at radius 2 is 1.81 bits per heavy atom. The van der Waals surface area contributed by atoms with Gasteiger partial charge in [-0.15, -0.1) is 0 Å². The van der Waals surface area contributed by atoms with E-state index in [1.165, 1.54) is 31.5 Å². The van der Waals surface area contributed by atoms with Crippen molar-refractivity contribution in [3.05, 3.63) is 47.8 Å². The van der Waals surface area contributed by atoms with Crippen LogP contribution in [0.4, 0.5) is 5.95 Å². The maximum absolute atomic E-state index is 5.35. The first-order valence-corrected chi connectivity index (χ1v) is 9.69. The van der Waals surface area contributed by atoms with Crippen LogP contribution in [-0.4, -0.2) is 53.7 Å². The molecule has 5 nitrogen and oxygen atoms in total. The largest absolute Gasteiger partial charge is 0.497 e. The molecule has 136 valence electrons. The van der Waals surface area contributed by atoms with Crippen LogP contribution >= 0.6 is 0 Å². The van der Waals surface area contributed by atoms with Gasteiger partial charge in [0.25, 0.3) is 0 Å². The van der Waals surface area contributed by atoms with Crippen molar-refractivity contribution in [3.8, 4) is 5.75 Å². The van der Waals surface area contributed by atoms with Crippen LogP contribution in [0.5, 0.6) is 5.75 Å². The topological polar surface area (TPSA) is 41.5 Å². The first kappa shape index (κ1) is 16.1. The fraction of sp³-hybridized carbons (Fsp3) is 0.524. The van der Waals surface area contributed by atoms with Crippen molar-refractivity contribution < 1.29 is 4.74 Å². The quantitative estimate of drug-likeness (QED) is 0.851. The SMILES string of the molecule is COc1ccc([C@@H]2CN(c3nccc(C)n3)[C@@H]3C4CCN(CC4)[C@@H]32)cc1. The number of hydrogen-bond donors (Lipinski definition) is 0. The van der Waals surface area contributed by atoms with Crippen molar-refractivity contribution in [1.82, 2.24) is 14.9 Å². The summed E-state index contributed by atoms with van der Waals surface area (Å²) in [5, 5.41) is 0. The van der Waals surface area contributed by atoms with E-state index in [-0.39, 0.29) is 0 Å². The molecule has 0 saturated carbocycles. The number of aromatic nitrogens is 2. The monoisotopic (exact) mass is 350 g/mol. The number of ether oxygens (including phenoxy) is 1. The fourth-order valence-corrected chi connectivity index (χ4v) is 5.37. The Balaban J connectivity index is 1.54. The van der Waals surface area contributed by atoms with Crippen LogP contribution in [0.15, 0.2) is 36.5 Å². The normalized spacial score (nSPS) is 32.5. The molecule has 26 heavy (non-hydrogen) atoms. The second-order valence-electron chi connectivity index (χ2n) is 7.88. The molecule has 1 aromatic carbocycles. The molecular formula is C21H26N4O. The van der Waals surface area contributed by atoms with Gasteiger partial charge in [-0.2, -0.15) is 0 Å². The smallest absolute Gasteiger partial charge is 0.225 e. The molecular weight excluding hydrogens is 324 g/mol. The molecule has 0 amide bonds. The van der Waals surface area contributed by atoms with Crippen molar-refractivity contribution in [2.45, 2.75) is 37.8 Å². The summed E-state index contributed by atoms with van der Waals surface area (Å²) in [5.41, 5.74) is 2.45. The van der Waals surface area contributed by atoms with Gasteiger partial charge in [-0.3, -0.25) is 4.90 Å². The predicted octanol–water partition coefficient (Wildman–Crippen LogP) is 2.86. The molecule has 0 spiro atoms. The van der Waals surface area contributed by atoms with Crippen molar-refractivity contribution in [2.24, 2.45) is 5.92 Å². The standard InChI is InChI=1S/C21H26N4O/c1-14-7-10-22-21(23-14)25-13-18(15-3-5-17(26-2)6-4-15)20-19(25)16-8-11-24(20)12-9-16/h3-7,10,16,18-20H,8-9,11-13H2,1-2H3/t18-,19+,20+/m0/s1. The van der Waals surface area contributed by atoms with Gasteiger partial charge in [0.05, 0.1) is 13.2 Å². The number of methoxy groups -OCH3 is 1. The molecule has 3 atom stereocenters. The molecule has 4 aliphatic rings. The second-order valence-corrected chi connectivity index (χ2v) is 7.88. The zero-order valence-corrected chi connectivity index (χ0v) is 15.5. The van der Waals surface area contributed by atoms with Crippen LogP contribution < -0.4 is 9.64 Å². The van der Waals surface area contributed by atoms with Gasteiger partial charge in [0.15, 0.2) is 0 Å². The third kappa shape index (κ3) is 2.49. The summed E-state index contributed by atoms with van der Waals surface area (Å²) in [6.45, 7) is 5.52. The van der Waals surface area contributed by atoms with E-state index in [1.54, 1.807) is 7.11 Å². The summed E-state index contributed by atoms with van der Waals surface area (Å²) in [6.07, 6.45) is 4.51. The van der Waals surface area contributed by atoms with E-state index in [0.717, 1.165) is 29.9 Å². The number of anilines is 1. The molecule has 0 N–H and O–H groups in total. The molecule has 0 unspecified atom stereocenters. The highest BCUT2D eigenvalue weighted by atomic mass is 16.5. The third-order valence-electron chi connectivity index (χ3n) is 6.58. The van der Waals surface area contributed by atoms with Crippen LogP contribution in [0.3, 0.4) is 0 Å². The van der Waals surface area contributed by atoms with Gasteiger partial charge in [-0.05, 0) is 62.5 Å². The maximum Gasteiger partial charge on any atom is 0.225 e. The zero-order chi connectivity index (χ0) is 17.7. The number of rotatable bonds is 3. The van der Waals surface area contributed by atoms with E-state index >= 15 is 0 Å². The van der Waals surface area contributed by atoms with Crippen LogP contribution in [0, 0.1) is 12.8 Å². The molecule has 2 aromatic rings. The first-order valence-electron chi connectivity index (χ1n) is 9.69. The minimum absolute atomic E-state index is 0.498. The van der Waals surface area contributed by atoms with Gasteiger partial charge in [-0.1, -0.05) is 12.1 Å². The number of aryl methyl sites for hydroxylation is 1. The molecule has 0 aliphatic carbocycles. The van der Waals surface area contributed by atoms with Gasteiger partial charge in [0, 0.05) is 30.4 Å². The molecule has 1 aromatic heterocycles. The van der Waals surface area contributed by atoms with Crippen molar-refractivity contribution >= 4 is 5.95 Å². The Morgan fingerprint density at radius 3 is 2.50 bits per heavy atom. The minimum atomic E-state index is 0.498. The molecule has 4 aliphatic heterocycles. The summed E-state index contributed by atoms with van der Waals surface area (Å²) < 4.78 is 5.35. The van der Waals surface area contributed by atoms with Crippen LogP contribution in [-0.2, 0) is 0 Å². The van der Waals surface area contributed by atoms with Gasteiger partial charge >= 0.3 is 0 Å². The Bertz CT molecular complexity index is 785. The van der Waals surface area contributed by atoms with Crippen molar-refractivity contribution in [3.63, 3.8) is 0 Å². The summed E-state index contributed by atoms with van der Waals surface area (Å²) >= 11 is 0. The lowest BCUT2D eigenvalue weighted by atomic mass is 9.75. The lowest BCUT2D eigenvalue weighted by Crippen LogP contribution is -2.60. The van der Waals surface area contributed by atoms with Crippen LogP contribution in [0.25, 0.3) is 0 Å². The Kier molecular flexibility index (Phi) is 3.85. The van der Waals surface area contributed by atoms with Gasteiger partial charge in [0.1, 0.15) is 5.75 Å². The number of benzene rings is 1. The van der Waals surface area contributed by atoms with E-state index in [2.05, 4.69) is 46.0 Å². The Morgan fingerprint density at radius 1 is 1.04 bits per heavy atom. The Labute approximate surface area is 155 Å². The van der Waals surface area contributed by atoms with Crippen molar-refractivity contribution in [1.29, 1.82) is 0 Å². The summed E-state index contributed by atoms with van der Waals surface area (Å²) in [5.74, 6) is 3.09. The van der Waals surface area contributed by atoms with E-state index < -0.39 is 0 Å². The van der Waals surface area contributed by atoms with Crippen LogP contribution in [0.2, 0.25) is 0 Å². The van der Waals surface area contributed by atoms with Gasteiger partial charge in [0.2, 0.25) is 5.95 Å². The third-order valence-corrected chi connectivity index (χ3v) is 6.58. The lowest BCUT2D eigenvalue weighted by Gasteiger charge is -2.51. The van der Waals surface area contributed by atoms with E-state index in [1.807, 2.05) is 12.3 Å². The molecule has 5 heterocycles. The molecule has 0 radical (unpaired) electrons. The van der Waals surface area contributed by atoms with Gasteiger partial charge < -0.3 is 9.64 Å². The number of hydrogen-bond acceptors (Lipinski definition) is 5. The molecule has 5 heteroatoms. The highest BCUT2D eigenvalue weighted by molar-refractivity contribution is 5.43. The summed E-state index contributed by atoms with van der Waals surface area (Å²) in [7, 11) is 1.73. The molecule has 6 rings (SSSR count). The van der Waals surface area contributed by atoms with E-state index in [0.29, 0.717) is 18.0 Å². The van der Waals surface area contributed by atoms with Crippen LogP contribution in [0.1, 0.15) is 30.0 Å². The number of piperidine rings is 3. The highest BCUT2D eigenvalue weighted by Crippen LogP contribution is 2.47. The predicted molar refractivity (Wildman–Crippen MR) is 102 cm³/mol. The summed E-state index contributed by atoms with van der Waals surface area (Å²) in [4.78, 5) is 14.6. The Hall–Kier alpha value is -2.14. The zero-order valence-electron chi connectivity index (χ0n) is 15.5. The fourth-order valence-electron chi connectivity index (χ4n) is 5.37. The number of nitrogens with zero attached hydrogens (tertiary/aromatic N) is 4. The highest BCUT2D eigenvalue weighted by Gasteiger charge is 2.54. The maximum atomic E-state index is 5.35. The van der Waals surface area contributed by atoms with Gasteiger partial charge in [-0.25, -0.2) is 9.97 Å². The van der Waals surface area contributed by atoms with E-state index in [9.17, 15) is 0 Å². The minimum Gasteiger partial charge on any atom is -0.497 e. The molecule has 4 saturated heterocycles. The second kappa shape index (κ2) is 6.23. The molecule has 4 fully saturated rings. The first-order chi connectivity index (χ1) is 12.7. The molecule has 2 bridgehead atoms. The van der Waals surface area contributed by atoms with Crippen molar-refractivity contribution in [2.75, 3.05) is 31.6 Å². The lowest BCUT2D eigenvalue weighted by molar-refractivity contribution is 0.0353. The van der Waals surface area contributed by atoms with E-state index in [4.69, 9.17) is 9.72 Å². The average molecular weight is 350 g/mol. The summed E-state index contributed by atoms with van der Waals surface area (Å²) in [6, 6.07) is 11.7. The number of fused-ring (bicyclic) bond motifs is 2.